The van der Waals surface area contributed by atoms with Crippen LogP contribution in [0, 0.1) is 0 Å². The number of rotatable bonds is 7. The van der Waals surface area contributed by atoms with Crippen LogP contribution in [0.4, 0.5) is 5.69 Å². The summed E-state index contributed by atoms with van der Waals surface area (Å²) in [5.74, 6) is -0.727. The van der Waals surface area contributed by atoms with Gasteiger partial charge in [0.15, 0.2) is 13.2 Å². The quantitative estimate of drug-likeness (QED) is 0.371. The fraction of sp³-hybridized carbons (Fsp3) is 0.0870. The maximum absolute atomic E-state index is 12.1. The van der Waals surface area contributed by atoms with E-state index in [1.165, 1.54) is 0 Å². The number of fused-ring (bicyclic) bond motifs is 3. The fourth-order valence-electron chi connectivity index (χ4n) is 2.97. The minimum absolute atomic E-state index is 0.347. The number of carbonyl (C=O) groups excluding carboxylic acids is 3. The first kappa shape index (κ1) is 19.2. The molecule has 0 radical (unpaired) electrons. The number of benzene rings is 3. The second-order valence-corrected chi connectivity index (χ2v) is 6.49. The van der Waals surface area contributed by atoms with E-state index in [1.807, 2.05) is 30.3 Å². The monoisotopic (exact) mass is 403 g/mol. The van der Waals surface area contributed by atoms with Crippen molar-refractivity contribution in [2.45, 2.75) is 0 Å². The Morgan fingerprint density at radius 2 is 1.67 bits per heavy atom. The molecule has 1 heterocycles. The van der Waals surface area contributed by atoms with Gasteiger partial charge in [0, 0.05) is 22.0 Å². The number of aldehydes is 1. The molecule has 30 heavy (non-hydrogen) atoms. The molecule has 0 aliphatic rings. The second-order valence-electron chi connectivity index (χ2n) is 6.49. The van der Waals surface area contributed by atoms with Gasteiger partial charge in [-0.25, -0.2) is 4.79 Å². The van der Waals surface area contributed by atoms with Crippen LogP contribution < -0.4 is 10.1 Å². The molecule has 0 bridgehead atoms. The van der Waals surface area contributed by atoms with E-state index in [9.17, 15) is 14.4 Å². The molecule has 7 heteroatoms. The van der Waals surface area contributed by atoms with Crippen LogP contribution in [0.1, 0.15) is 10.4 Å². The summed E-state index contributed by atoms with van der Waals surface area (Å²) in [5.41, 5.74) is 2.56. The smallest absolute Gasteiger partial charge is 0.344 e. The summed E-state index contributed by atoms with van der Waals surface area (Å²) in [6.07, 6.45) is 0.712. The highest BCUT2D eigenvalue weighted by Gasteiger charge is 2.11. The van der Waals surface area contributed by atoms with Crippen LogP contribution in [-0.4, -0.2) is 31.4 Å². The number of ether oxygens (including phenoxy) is 2. The average molecular weight is 403 g/mol. The van der Waals surface area contributed by atoms with E-state index in [-0.39, 0.29) is 6.61 Å². The summed E-state index contributed by atoms with van der Waals surface area (Å²) >= 11 is 0. The molecule has 1 amide bonds. The van der Waals surface area contributed by atoms with Gasteiger partial charge in [0.1, 0.15) is 23.2 Å². The topological polar surface area (TPSA) is 94.8 Å². The number of nitrogens with one attached hydrogen (secondary N) is 1. The lowest BCUT2D eigenvalue weighted by Crippen LogP contribution is -2.23. The molecule has 0 spiro atoms. The van der Waals surface area contributed by atoms with E-state index >= 15 is 0 Å². The van der Waals surface area contributed by atoms with Crippen molar-refractivity contribution in [1.29, 1.82) is 0 Å². The van der Waals surface area contributed by atoms with Crippen LogP contribution in [0.25, 0.3) is 21.9 Å². The minimum atomic E-state index is -0.680. The maximum Gasteiger partial charge on any atom is 0.344 e. The molecule has 0 saturated heterocycles. The summed E-state index contributed by atoms with van der Waals surface area (Å²) in [7, 11) is 0. The van der Waals surface area contributed by atoms with Gasteiger partial charge < -0.3 is 19.2 Å². The van der Waals surface area contributed by atoms with E-state index in [2.05, 4.69) is 5.32 Å². The highest BCUT2D eigenvalue weighted by Crippen LogP contribution is 2.30. The van der Waals surface area contributed by atoms with Crippen molar-refractivity contribution in [3.8, 4) is 5.75 Å². The third-order valence-electron chi connectivity index (χ3n) is 4.40. The number of esters is 1. The van der Waals surface area contributed by atoms with Gasteiger partial charge >= 0.3 is 5.97 Å². The van der Waals surface area contributed by atoms with Crippen molar-refractivity contribution in [2.24, 2.45) is 0 Å². The molecule has 0 saturated carbocycles. The molecule has 0 fully saturated rings. The molecular formula is C23H17NO6. The van der Waals surface area contributed by atoms with E-state index < -0.39 is 18.5 Å². The van der Waals surface area contributed by atoms with Gasteiger partial charge in [-0.05, 0) is 48.5 Å². The Hall–Kier alpha value is -4.13. The van der Waals surface area contributed by atoms with E-state index in [1.54, 1.807) is 36.4 Å². The van der Waals surface area contributed by atoms with Crippen LogP contribution in [0.3, 0.4) is 0 Å². The van der Waals surface area contributed by atoms with Crippen LogP contribution in [0.2, 0.25) is 0 Å². The van der Waals surface area contributed by atoms with Crippen molar-refractivity contribution in [3.05, 3.63) is 72.3 Å². The van der Waals surface area contributed by atoms with Crippen molar-refractivity contribution >= 4 is 45.8 Å². The van der Waals surface area contributed by atoms with Crippen LogP contribution >= 0.6 is 0 Å². The van der Waals surface area contributed by atoms with Gasteiger partial charge in [-0.2, -0.15) is 0 Å². The highest BCUT2D eigenvalue weighted by atomic mass is 16.6. The number of furan rings is 1. The molecule has 1 aromatic heterocycles. The Balaban J connectivity index is 1.30. The van der Waals surface area contributed by atoms with E-state index in [4.69, 9.17) is 13.9 Å². The summed E-state index contributed by atoms with van der Waals surface area (Å²) in [4.78, 5) is 34.5. The largest absolute Gasteiger partial charge is 0.482 e. The Bertz CT molecular complexity index is 1230. The SMILES string of the molecule is O=Cc1ccc(OCC(=O)OCC(=O)Nc2ccc3oc4ccccc4c3c2)cc1. The van der Waals surface area contributed by atoms with Gasteiger partial charge in [-0.1, -0.05) is 18.2 Å². The fourth-order valence-corrected chi connectivity index (χ4v) is 2.97. The molecule has 150 valence electrons. The lowest BCUT2D eigenvalue weighted by molar-refractivity contribution is -0.149. The van der Waals surface area contributed by atoms with Crippen LogP contribution in [-0.2, 0) is 14.3 Å². The molecule has 0 aliphatic heterocycles. The van der Waals surface area contributed by atoms with Crippen molar-refractivity contribution in [2.75, 3.05) is 18.5 Å². The predicted octanol–water partition coefficient (Wildman–Crippen LogP) is 3.96. The average Bonchev–Trinajstić information content (AvgIpc) is 3.14. The molecule has 3 aromatic carbocycles. The Labute approximate surface area is 171 Å². The molecule has 4 aromatic rings. The number of para-hydroxylation sites is 1. The van der Waals surface area contributed by atoms with Gasteiger partial charge in [0.2, 0.25) is 0 Å². The zero-order valence-electron chi connectivity index (χ0n) is 15.8. The summed E-state index contributed by atoms with van der Waals surface area (Å²) in [5, 5.41) is 4.53. The Kier molecular flexibility index (Phi) is 5.43. The number of anilines is 1. The third-order valence-corrected chi connectivity index (χ3v) is 4.40. The van der Waals surface area contributed by atoms with Crippen molar-refractivity contribution < 1.29 is 28.3 Å². The summed E-state index contributed by atoms with van der Waals surface area (Å²) < 4.78 is 16.0. The third kappa shape index (κ3) is 4.30. The number of hydrogen-bond acceptors (Lipinski definition) is 6. The van der Waals surface area contributed by atoms with Crippen LogP contribution in [0.5, 0.6) is 5.75 Å². The number of carbonyl (C=O) groups is 3. The summed E-state index contributed by atoms with van der Waals surface area (Å²) in [6.45, 7) is -0.781. The highest BCUT2D eigenvalue weighted by molar-refractivity contribution is 6.07. The first-order valence-corrected chi connectivity index (χ1v) is 9.17. The molecular weight excluding hydrogens is 386 g/mol. The number of amides is 1. The normalized spacial score (nSPS) is 10.7. The molecule has 1 N–H and O–H groups in total. The first-order valence-electron chi connectivity index (χ1n) is 9.17. The Morgan fingerprint density at radius 3 is 2.47 bits per heavy atom. The lowest BCUT2D eigenvalue weighted by atomic mass is 10.1. The lowest BCUT2D eigenvalue weighted by Gasteiger charge is -2.08. The van der Waals surface area contributed by atoms with Crippen LogP contribution in [0.15, 0.2) is 71.1 Å². The molecule has 7 nitrogen and oxygen atoms in total. The maximum atomic E-state index is 12.1. The zero-order valence-corrected chi connectivity index (χ0v) is 15.8. The second kappa shape index (κ2) is 8.48. The summed E-state index contributed by atoms with van der Waals surface area (Å²) in [6, 6.07) is 19.2. The van der Waals surface area contributed by atoms with Gasteiger partial charge in [0.25, 0.3) is 5.91 Å². The van der Waals surface area contributed by atoms with Crippen molar-refractivity contribution in [1.82, 2.24) is 0 Å². The molecule has 4 rings (SSSR count). The molecule has 0 unspecified atom stereocenters. The first-order chi connectivity index (χ1) is 14.6. The van der Waals surface area contributed by atoms with Gasteiger partial charge in [0.05, 0.1) is 0 Å². The molecule has 0 atom stereocenters. The standard InChI is InChI=1S/C23H17NO6/c25-12-15-5-8-17(9-6-15)28-14-23(27)29-13-22(26)24-16-7-10-21-19(11-16)18-3-1-2-4-20(18)30-21/h1-12H,13-14H2,(H,24,26). The predicted molar refractivity (Wildman–Crippen MR) is 111 cm³/mol. The zero-order chi connectivity index (χ0) is 20.9. The van der Waals surface area contributed by atoms with E-state index in [0.29, 0.717) is 23.3 Å². The minimum Gasteiger partial charge on any atom is -0.482 e. The van der Waals surface area contributed by atoms with Crippen molar-refractivity contribution in [3.63, 3.8) is 0 Å². The van der Waals surface area contributed by atoms with E-state index in [0.717, 1.165) is 21.9 Å². The Morgan fingerprint density at radius 1 is 0.900 bits per heavy atom. The van der Waals surface area contributed by atoms with Gasteiger partial charge in [-0.3, -0.25) is 9.59 Å². The number of hydrogen-bond donors (Lipinski definition) is 1. The van der Waals surface area contributed by atoms with Gasteiger partial charge in [-0.15, -0.1) is 0 Å². The molecule has 0 aliphatic carbocycles.